The van der Waals surface area contributed by atoms with E-state index in [1.165, 1.54) is 19.1 Å². The van der Waals surface area contributed by atoms with Crippen LogP contribution in [0.1, 0.15) is 43.2 Å². The first-order chi connectivity index (χ1) is 18.3. The van der Waals surface area contributed by atoms with E-state index in [1.54, 1.807) is 20.2 Å². The van der Waals surface area contributed by atoms with Gasteiger partial charge in [0.15, 0.2) is 0 Å². The monoisotopic (exact) mass is 571 g/mol. The van der Waals surface area contributed by atoms with Crippen LogP contribution in [0.15, 0.2) is 63.2 Å². The molecule has 2 aromatic carbocycles. The average molecular weight is 572 g/mol. The highest BCUT2D eigenvalue weighted by Crippen LogP contribution is 2.39. The van der Waals surface area contributed by atoms with E-state index in [4.69, 9.17) is 0 Å². The summed E-state index contributed by atoms with van der Waals surface area (Å²) >= 11 is 0. The molecule has 0 amide bonds. The summed E-state index contributed by atoms with van der Waals surface area (Å²) in [7, 11) is -0.905. The number of alkyl halides is 3. The van der Waals surface area contributed by atoms with Crippen molar-refractivity contribution in [3.63, 3.8) is 0 Å². The lowest BCUT2D eigenvalue weighted by Gasteiger charge is -2.41. The fourth-order valence-corrected chi connectivity index (χ4v) is 5.79. The Morgan fingerprint density at radius 2 is 1.85 bits per heavy atom. The second kappa shape index (κ2) is 12.2. The molecule has 3 rings (SSSR count). The van der Waals surface area contributed by atoms with Gasteiger partial charge in [0.2, 0.25) is 0 Å². The van der Waals surface area contributed by atoms with Gasteiger partial charge >= 0.3 is 6.18 Å². The fourth-order valence-electron chi connectivity index (χ4n) is 4.66. The van der Waals surface area contributed by atoms with Gasteiger partial charge in [-0.1, -0.05) is 18.2 Å². The molecule has 0 unspecified atom stereocenters. The van der Waals surface area contributed by atoms with Crippen LogP contribution in [0.25, 0.3) is 0 Å². The van der Waals surface area contributed by atoms with E-state index >= 15 is 4.39 Å². The molecule has 13 heteroatoms. The maximum Gasteiger partial charge on any atom is 0.416 e. The molecular weight excluding hydrogens is 541 g/mol. The van der Waals surface area contributed by atoms with Crippen LogP contribution in [0.4, 0.5) is 27.6 Å². The van der Waals surface area contributed by atoms with E-state index in [9.17, 15) is 26.0 Å². The summed E-state index contributed by atoms with van der Waals surface area (Å²) in [6, 6.07) is 6.01. The Balaban J connectivity index is 1.81. The molecular formula is C26H30F5N5O2S. The number of hydrogen-bond acceptors (Lipinski definition) is 5. The molecule has 39 heavy (non-hydrogen) atoms. The van der Waals surface area contributed by atoms with Crippen molar-refractivity contribution in [2.45, 2.75) is 55.3 Å². The van der Waals surface area contributed by atoms with Crippen LogP contribution in [0, 0.1) is 11.6 Å². The molecule has 0 aliphatic heterocycles. The van der Waals surface area contributed by atoms with Crippen molar-refractivity contribution >= 4 is 28.8 Å². The largest absolute Gasteiger partial charge is 0.416 e. The number of nitrogens with one attached hydrogen (secondary N) is 2. The van der Waals surface area contributed by atoms with Crippen LogP contribution in [0.3, 0.4) is 0 Å². The molecule has 2 N–H and O–H groups in total. The molecule has 212 valence electrons. The number of hydrogen-bond donors (Lipinski definition) is 2. The van der Waals surface area contributed by atoms with Gasteiger partial charge < -0.3 is 10.2 Å². The third kappa shape index (κ3) is 7.41. The van der Waals surface area contributed by atoms with Gasteiger partial charge in [-0.15, -0.1) is 0 Å². The molecule has 0 saturated heterocycles. The molecule has 1 aliphatic rings. The van der Waals surface area contributed by atoms with Crippen LogP contribution in [-0.2, 0) is 16.2 Å². The Morgan fingerprint density at radius 1 is 1.13 bits per heavy atom. The van der Waals surface area contributed by atoms with Gasteiger partial charge in [-0.3, -0.25) is 9.71 Å². The molecule has 0 radical (unpaired) electrons. The van der Waals surface area contributed by atoms with Gasteiger partial charge in [0.25, 0.3) is 10.0 Å². The SMILES string of the molecule is C=N/C=N\C(=C/C)NS(=O)(=O)c1cc(F)c(N[C@H]2CC[C@H](c3cccc(C(F)(F)F)c3)C[C@@H]2N(C)C)cc1F. The van der Waals surface area contributed by atoms with Crippen molar-refractivity contribution in [1.82, 2.24) is 9.62 Å². The summed E-state index contributed by atoms with van der Waals surface area (Å²) < 4.78 is 97.0. The third-order valence-corrected chi connectivity index (χ3v) is 7.98. The van der Waals surface area contributed by atoms with Crippen molar-refractivity contribution in [2.24, 2.45) is 9.98 Å². The van der Waals surface area contributed by atoms with Crippen LogP contribution in [-0.4, -0.2) is 52.6 Å². The maximum absolute atomic E-state index is 15.1. The number of rotatable bonds is 9. The van der Waals surface area contributed by atoms with Gasteiger partial charge in [0.05, 0.1) is 11.3 Å². The molecule has 0 heterocycles. The predicted octanol–water partition coefficient (Wildman–Crippen LogP) is 5.53. The lowest BCUT2D eigenvalue weighted by Crippen LogP contribution is -2.47. The first-order valence-corrected chi connectivity index (χ1v) is 13.5. The minimum atomic E-state index is -4.51. The highest BCUT2D eigenvalue weighted by molar-refractivity contribution is 7.89. The second-order valence-electron chi connectivity index (χ2n) is 9.38. The number of anilines is 1. The predicted molar refractivity (Wildman–Crippen MR) is 141 cm³/mol. The van der Waals surface area contributed by atoms with Crippen molar-refractivity contribution < 1.29 is 30.4 Å². The molecule has 7 nitrogen and oxygen atoms in total. The van der Waals surface area contributed by atoms with Gasteiger partial charge in [-0.2, -0.15) is 13.2 Å². The zero-order chi connectivity index (χ0) is 29.0. The van der Waals surface area contributed by atoms with Crippen LogP contribution < -0.4 is 10.0 Å². The van der Waals surface area contributed by atoms with Crippen molar-refractivity contribution in [1.29, 1.82) is 0 Å². The quantitative estimate of drug-likeness (QED) is 0.236. The lowest BCUT2D eigenvalue weighted by atomic mass is 9.78. The van der Waals surface area contributed by atoms with Gasteiger partial charge in [0, 0.05) is 18.2 Å². The van der Waals surface area contributed by atoms with Crippen LogP contribution >= 0.6 is 0 Å². The zero-order valence-corrected chi connectivity index (χ0v) is 22.5. The summed E-state index contributed by atoms with van der Waals surface area (Å²) in [4.78, 5) is 8.07. The number of likely N-dealkylation sites (N-methyl/N-ethyl adjacent to an activating group) is 1. The average Bonchev–Trinajstić information content (AvgIpc) is 2.88. The van der Waals surface area contributed by atoms with E-state index in [1.807, 2.05) is 4.90 Å². The normalized spacial score (nSPS) is 20.8. The molecule has 0 spiro atoms. The number of aliphatic imine (C=N–C) groups is 2. The molecule has 1 aliphatic carbocycles. The topological polar surface area (TPSA) is 86.2 Å². The maximum atomic E-state index is 15.1. The van der Waals surface area contributed by atoms with E-state index in [0.717, 1.165) is 24.5 Å². The Morgan fingerprint density at radius 3 is 2.46 bits per heavy atom. The first-order valence-electron chi connectivity index (χ1n) is 12.0. The number of allylic oxidation sites excluding steroid dienone is 1. The standard InChI is InChI=1S/C26H30F5N5O2S/c1-5-25(33-15-32-2)35-39(37,38)24-14-19(27)22(13-20(24)28)34-21-10-9-17(12-23(21)36(3)4)16-7-6-8-18(11-16)26(29,30)31/h5-8,11,13-15,17,21,23,34-35H,2,9-10,12H2,1,3-4H3/b25-5+,33-15-/t17-,21-,23-/m0/s1. The summed E-state index contributed by atoms with van der Waals surface area (Å²) in [6.45, 7) is 4.68. The van der Waals surface area contributed by atoms with Gasteiger partial charge in [-0.05, 0) is 76.7 Å². The van der Waals surface area contributed by atoms with Crippen molar-refractivity contribution in [3.05, 3.63) is 71.1 Å². The summed E-state index contributed by atoms with van der Waals surface area (Å²) in [5.41, 5.74) is -0.362. The van der Waals surface area contributed by atoms with Gasteiger partial charge in [0.1, 0.15) is 28.7 Å². The Hall–Kier alpha value is -3.32. The third-order valence-electron chi connectivity index (χ3n) is 6.61. The molecule has 1 fully saturated rings. The highest BCUT2D eigenvalue weighted by Gasteiger charge is 2.35. The lowest BCUT2D eigenvalue weighted by molar-refractivity contribution is -0.137. The van der Waals surface area contributed by atoms with E-state index in [0.29, 0.717) is 30.9 Å². The Labute approximate surface area is 224 Å². The number of nitrogens with zero attached hydrogens (tertiary/aromatic N) is 3. The number of benzene rings is 2. The fraction of sp³-hybridized carbons (Fsp3) is 0.385. The molecule has 2 aromatic rings. The molecule has 0 bridgehead atoms. The van der Waals surface area contributed by atoms with Crippen LogP contribution in [0.2, 0.25) is 0 Å². The van der Waals surface area contributed by atoms with Crippen LogP contribution in [0.5, 0.6) is 0 Å². The Bertz CT molecular complexity index is 1360. The van der Waals surface area contributed by atoms with Crippen molar-refractivity contribution in [2.75, 3.05) is 19.4 Å². The van der Waals surface area contributed by atoms with E-state index < -0.39 is 38.3 Å². The van der Waals surface area contributed by atoms with Gasteiger partial charge in [-0.25, -0.2) is 22.2 Å². The number of sulfonamides is 1. The minimum absolute atomic E-state index is 0.155. The molecule has 3 atom stereocenters. The second-order valence-corrected chi connectivity index (χ2v) is 11.0. The summed E-state index contributed by atoms with van der Waals surface area (Å²) in [6.07, 6.45) is -0.677. The van der Waals surface area contributed by atoms with E-state index in [2.05, 4.69) is 26.7 Å². The highest BCUT2D eigenvalue weighted by atomic mass is 32.2. The van der Waals surface area contributed by atoms with E-state index in [-0.39, 0.29) is 29.5 Å². The summed E-state index contributed by atoms with van der Waals surface area (Å²) in [5.74, 6) is -2.47. The smallest absolute Gasteiger partial charge is 0.378 e. The molecule has 1 saturated carbocycles. The summed E-state index contributed by atoms with van der Waals surface area (Å²) in [5, 5.41) is 2.98. The first kappa shape index (κ1) is 30.2. The minimum Gasteiger partial charge on any atom is -0.378 e. The zero-order valence-electron chi connectivity index (χ0n) is 21.6. The number of halogens is 5. The molecule has 0 aromatic heterocycles. The Kier molecular flexibility index (Phi) is 9.49. The van der Waals surface area contributed by atoms with Crippen molar-refractivity contribution in [3.8, 4) is 0 Å².